The Morgan fingerprint density at radius 1 is 0.794 bits per heavy atom. The lowest BCUT2D eigenvalue weighted by Gasteiger charge is -2.26. The molecule has 2 N–H and O–H groups in total. The standard InChI is InChI=1S/C28H28N2O4/c31-23-9-4-20(5-10-23)27-18-21-6-11-24(32)19-26(21)28(33)30(27)22-7-12-25(13-8-22)34-17-16-29-14-2-1-3-15-29/h4-13,18-19,31-32H,1-3,14-17H2. The average molecular weight is 457 g/mol. The number of benzene rings is 3. The van der Waals surface area contributed by atoms with Crippen molar-refractivity contribution in [2.45, 2.75) is 19.3 Å². The van der Waals surface area contributed by atoms with Gasteiger partial charge in [0.2, 0.25) is 0 Å². The number of phenolic OH excluding ortho intramolecular Hbond substituents is 2. The molecule has 0 unspecified atom stereocenters. The van der Waals surface area contributed by atoms with E-state index in [0.717, 1.165) is 36.3 Å². The smallest absolute Gasteiger partial charge is 0.263 e. The lowest BCUT2D eigenvalue weighted by atomic mass is 10.1. The minimum atomic E-state index is -0.227. The van der Waals surface area contributed by atoms with Crippen molar-refractivity contribution in [1.29, 1.82) is 0 Å². The highest BCUT2D eigenvalue weighted by Gasteiger charge is 2.14. The van der Waals surface area contributed by atoms with Crippen LogP contribution in [0.4, 0.5) is 0 Å². The van der Waals surface area contributed by atoms with Crippen LogP contribution in [0.3, 0.4) is 0 Å². The first-order chi connectivity index (χ1) is 16.6. The monoisotopic (exact) mass is 456 g/mol. The summed E-state index contributed by atoms with van der Waals surface area (Å²) in [5.41, 5.74) is 1.96. The lowest BCUT2D eigenvalue weighted by molar-refractivity contribution is 0.183. The molecule has 1 aromatic heterocycles. The summed E-state index contributed by atoms with van der Waals surface area (Å²) in [5.74, 6) is 0.971. The highest BCUT2D eigenvalue weighted by molar-refractivity contribution is 5.87. The summed E-state index contributed by atoms with van der Waals surface area (Å²) in [4.78, 5) is 16.0. The molecular formula is C28H28N2O4. The molecule has 1 aliphatic heterocycles. The number of hydrogen-bond acceptors (Lipinski definition) is 5. The summed E-state index contributed by atoms with van der Waals surface area (Å²) in [5, 5.41) is 20.8. The molecule has 0 amide bonds. The Morgan fingerprint density at radius 3 is 2.24 bits per heavy atom. The molecular weight excluding hydrogens is 428 g/mol. The molecule has 5 rings (SSSR count). The number of aromatic nitrogens is 1. The van der Waals surface area contributed by atoms with Crippen molar-refractivity contribution in [3.8, 4) is 34.2 Å². The van der Waals surface area contributed by atoms with Gasteiger partial charge < -0.3 is 14.9 Å². The van der Waals surface area contributed by atoms with Crippen LogP contribution < -0.4 is 10.3 Å². The predicted molar refractivity (Wildman–Crippen MR) is 134 cm³/mol. The normalized spacial score (nSPS) is 14.4. The molecule has 0 aliphatic carbocycles. The topological polar surface area (TPSA) is 74.9 Å². The number of ether oxygens (including phenoxy) is 1. The molecule has 3 aromatic carbocycles. The number of rotatable bonds is 6. The molecule has 0 atom stereocenters. The Kier molecular flexibility index (Phi) is 6.23. The maximum Gasteiger partial charge on any atom is 0.263 e. The van der Waals surface area contributed by atoms with Crippen LogP contribution in [0, 0.1) is 0 Å². The minimum Gasteiger partial charge on any atom is -0.508 e. The van der Waals surface area contributed by atoms with Gasteiger partial charge in [0.15, 0.2) is 0 Å². The highest BCUT2D eigenvalue weighted by atomic mass is 16.5. The number of pyridine rings is 1. The summed E-state index contributed by atoms with van der Waals surface area (Å²) in [6.07, 6.45) is 3.84. The van der Waals surface area contributed by atoms with E-state index in [2.05, 4.69) is 4.90 Å². The van der Waals surface area contributed by atoms with Crippen molar-refractivity contribution in [2.75, 3.05) is 26.2 Å². The van der Waals surface area contributed by atoms with Crippen molar-refractivity contribution >= 4 is 10.8 Å². The van der Waals surface area contributed by atoms with Gasteiger partial charge in [-0.3, -0.25) is 14.3 Å². The number of aromatic hydroxyl groups is 2. The Hall–Kier alpha value is -3.77. The van der Waals surface area contributed by atoms with Crippen LogP contribution in [-0.4, -0.2) is 45.9 Å². The number of piperidine rings is 1. The van der Waals surface area contributed by atoms with Gasteiger partial charge in [0.05, 0.1) is 11.1 Å². The van der Waals surface area contributed by atoms with Gasteiger partial charge in [0, 0.05) is 12.2 Å². The van der Waals surface area contributed by atoms with E-state index in [0.29, 0.717) is 23.4 Å². The van der Waals surface area contributed by atoms with Crippen LogP contribution in [0.25, 0.3) is 27.7 Å². The zero-order chi connectivity index (χ0) is 23.5. The van der Waals surface area contributed by atoms with Crippen molar-refractivity contribution in [3.63, 3.8) is 0 Å². The van der Waals surface area contributed by atoms with E-state index in [1.165, 1.54) is 25.3 Å². The molecule has 4 aromatic rings. The third-order valence-corrected chi connectivity index (χ3v) is 6.39. The molecule has 1 aliphatic rings. The molecule has 6 heteroatoms. The summed E-state index contributed by atoms with van der Waals surface area (Å²) in [6, 6.07) is 21.0. The molecule has 0 radical (unpaired) electrons. The van der Waals surface area contributed by atoms with E-state index in [-0.39, 0.29) is 17.1 Å². The van der Waals surface area contributed by atoms with Crippen molar-refractivity contribution in [1.82, 2.24) is 9.47 Å². The van der Waals surface area contributed by atoms with E-state index >= 15 is 0 Å². The van der Waals surface area contributed by atoms with Gasteiger partial charge in [0.1, 0.15) is 23.9 Å². The van der Waals surface area contributed by atoms with Crippen LogP contribution >= 0.6 is 0 Å². The predicted octanol–water partition coefficient (Wildman–Crippen LogP) is 4.93. The summed E-state index contributed by atoms with van der Waals surface area (Å²) in [6.45, 7) is 3.83. The first kappa shape index (κ1) is 22.0. The number of hydrogen-bond donors (Lipinski definition) is 2. The van der Waals surface area contributed by atoms with E-state index in [1.807, 2.05) is 30.3 Å². The number of phenols is 2. The summed E-state index contributed by atoms with van der Waals surface area (Å²) < 4.78 is 7.58. The quantitative estimate of drug-likeness (QED) is 0.430. The fourth-order valence-electron chi connectivity index (χ4n) is 4.57. The van der Waals surface area contributed by atoms with Gasteiger partial charge in [-0.05, 0) is 104 Å². The number of nitrogens with zero attached hydrogens (tertiary/aromatic N) is 2. The molecule has 1 fully saturated rings. The molecule has 0 spiro atoms. The van der Waals surface area contributed by atoms with E-state index < -0.39 is 0 Å². The number of likely N-dealkylation sites (tertiary alicyclic amines) is 1. The van der Waals surface area contributed by atoms with Crippen molar-refractivity contribution < 1.29 is 14.9 Å². The lowest BCUT2D eigenvalue weighted by Crippen LogP contribution is -2.33. The first-order valence-corrected chi connectivity index (χ1v) is 11.7. The summed E-state index contributed by atoms with van der Waals surface area (Å²) >= 11 is 0. The maximum atomic E-state index is 13.5. The molecule has 34 heavy (non-hydrogen) atoms. The molecule has 1 saturated heterocycles. The van der Waals surface area contributed by atoms with E-state index in [9.17, 15) is 15.0 Å². The number of fused-ring (bicyclic) bond motifs is 1. The average Bonchev–Trinajstić information content (AvgIpc) is 2.86. The Morgan fingerprint density at radius 2 is 1.50 bits per heavy atom. The second-order valence-electron chi connectivity index (χ2n) is 8.73. The third-order valence-electron chi connectivity index (χ3n) is 6.39. The van der Waals surface area contributed by atoms with Gasteiger partial charge >= 0.3 is 0 Å². The van der Waals surface area contributed by atoms with Gasteiger partial charge in [-0.25, -0.2) is 0 Å². The van der Waals surface area contributed by atoms with Crippen LogP contribution in [0.2, 0.25) is 0 Å². The van der Waals surface area contributed by atoms with Crippen molar-refractivity contribution in [3.05, 3.63) is 83.2 Å². The first-order valence-electron chi connectivity index (χ1n) is 11.7. The zero-order valence-corrected chi connectivity index (χ0v) is 19.0. The SMILES string of the molecule is O=c1c2cc(O)ccc2cc(-c2ccc(O)cc2)n1-c1ccc(OCCN2CCCCC2)cc1. The Balaban J connectivity index is 1.48. The largest absolute Gasteiger partial charge is 0.508 e. The Labute approximate surface area is 198 Å². The zero-order valence-electron chi connectivity index (χ0n) is 19.0. The minimum absolute atomic E-state index is 0.0472. The van der Waals surface area contributed by atoms with Gasteiger partial charge in [0.25, 0.3) is 5.56 Å². The second-order valence-corrected chi connectivity index (χ2v) is 8.73. The fourth-order valence-corrected chi connectivity index (χ4v) is 4.57. The third kappa shape index (κ3) is 4.63. The molecule has 6 nitrogen and oxygen atoms in total. The Bertz CT molecular complexity index is 1340. The van der Waals surface area contributed by atoms with Crippen LogP contribution in [0.1, 0.15) is 19.3 Å². The van der Waals surface area contributed by atoms with Crippen LogP contribution in [0.5, 0.6) is 17.2 Å². The van der Waals surface area contributed by atoms with Crippen molar-refractivity contribution in [2.24, 2.45) is 0 Å². The maximum absolute atomic E-state index is 13.5. The van der Waals surface area contributed by atoms with Gasteiger partial charge in [-0.1, -0.05) is 12.5 Å². The van der Waals surface area contributed by atoms with Crippen LogP contribution in [-0.2, 0) is 0 Å². The molecule has 174 valence electrons. The molecule has 0 bridgehead atoms. The summed E-state index contributed by atoms with van der Waals surface area (Å²) in [7, 11) is 0. The molecule has 2 heterocycles. The van der Waals surface area contributed by atoms with Crippen LogP contribution in [0.15, 0.2) is 77.6 Å². The van der Waals surface area contributed by atoms with E-state index in [4.69, 9.17) is 4.74 Å². The van der Waals surface area contributed by atoms with Gasteiger partial charge in [-0.15, -0.1) is 0 Å². The van der Waals surface area contributed by atoms with Gasteiger partial charge in [-0.2, -0.15) is 0 Å². The highest BCUT2D eigenvalue weighted by Crippen LogP contribution is 2.28. The van der Waals surface area contributed by atoms with E-state index in [1.54, 1.807) is 41.0 Å². The second kappa shape index (κ2) is 9.61. The fraction of sp³-hybridized carbons (Fsp3) is 0.250. The molecule has 0 saturated carbocycles.